The Balaban J connectivity index is 2.04. The van der Waals surface area contributed by atoms with E-state index in [-0.39, 0.29) is 17.0 Å². The molecular weight excluding hydrogens is 397 g/mol. The number of halogens is 3. The van der Waals surface area contributed by atoms with Crippen molar-refractivity contribution in [2.45, 2.75) is 25.9 Å². The maximum absolute atomic E-state index is 13.8. The fourth-order valence-electron chi connectivity index (χ4n) is 3.55. The number of dihydropyridines is 1. The topological polar surface area (TPSA) is 114 Å². The molecule has 2 aromatic heterocycles. The lowest BCUT2D eigenvalue weighted by molar-refractivity contribution is -0.0962. The number of aromatic amines is 1. The van der Waals surface area contributed by atoms with E-state index in [0.717, 1.165) is 6.39 Å². The van der Waals surface area contributed by atoms with Gasteiger partial charge >= 0.3 is 6.18 Å². The molecule has 0 saturated heterocycles. The van der Waals surface area contributed by atoms with Gasteiger partial charge in [0.25, 0.3) is 0 Å². The van der Waals surface area contributed by atoms with E-state index in [1.807, 2.05) is 6.07 Å². The third-order valence-electron chi connectivity index (χ3n) is 4.96. The Labute approximate surface area is 168 Å². The van der Waals surface area contributed by atoms with Crippen LogP contribution < -0.4 is 5.32 Å². The van der Waals surface area contributed by atoms with Crippen molar-refractivity contribution in [3.8, 4) is 12.1 Å². The zero-order chi connectivity index (χ0) is 21.6. The number of alkyl halides is 3. The van der Waals surface area contributed by atoms with Crippen LogP contribution in [0.3, 0.4) is 0 Å². The summed E-state index contributed by atoms with van der Waals surface area (Å²) in [6.07, 6.45) is -3.76. The van der Waals surface area contributed by atoms with Crippen LogP contribution in [0.2, 0.25) is 0 Å². The van der Waals surface area contributed by atoms with Crippen LogP contribution >= 0.6 is 0 Å². The van der Waals surface area contributed by atoms with Crippen LogP contribution in [0.25, 0.3) is 16.6 Å². The van der Waals surface area contributed by atoms with E-state index in [0.29, 0.717) is 27.9 Å². The van der Waals surface area contributed by atoms with Crippen molar-refractivity contribution in [3.05, 3.63) is 64.1 Å². The molecule has 1 aliphatic rings. The van der Waals surface area contributed by atoms with Crippen molar-refractivity contribution in [2.75, 3.05) is 0 Å². The summed E-state index contributed by atoms with van der Waals surface area (Å²) in [4.78, 5) is 3.91. The average Bonchev–Trinajstić information content (AvgIpc) is 3.30. The molecule has 10 heteroatoms. The van der Waals surface area contributed by atoms with Gasteiger partial charge in [0.15, 0.2) is 12.2 Å². The molecule has 0 aliphatic carbocycles. The van der Waals surface area contributed by atoms with Crippen LogP contribution in [0.15, 0.2) is 45.9 Å². The molecule has 3 aromatic rings. The van der Waals surface area contributed by atoms with Crippen LogP contribution in [0.4, 0.5) is 13.2 Å². The first-order valence-corrected chi connectivity index (χ1v) is 8.74. The van der Waals surface area contributed by atoms with E-state index in [1.165, 1.54) is 0 Å². The fraction of sp³-hybridized carbons (Fsp3) is 0.200. The lowest BCUT2D eigenvalue weighted by atomic mass is 9.80. The van der Waals surface area contributed by atoms with Gasteiger partial charge in [-0.05, 0) is 31.5 Å². The highest BCUT2D eigenvalue weighted by atomic mass is 19.4. The molecule has 1 atom stereocenters. The van der Waals surface area contributed by atoms with Crippen LogP contribution in [0.5, 0.6) is 0 Å². The molecule has 0 bridgehead atoms. The number of oxazole rings is 1. The van der Waals surface area contributed by atoms with Gasteiger partial charge in [-0.3, -0.25) is 5.10 Å². The zero-order valence-electron chi connectivity index (χ0n) is 15.7. The minimum Gasteiger partial charge on any atom is -0.442 e. The molecule has 0 spiro atoms. The molecule has 0 saturated carbocycles. The molecule has 1 aliphatic heterocycles. The van der Waals surface area contributed by atoms with Gasteiger partial charge in [0, 0.05) is 11.1 Å². The van der Waals surface area contributed by atoms with Gasteiger partial charge in [-0.25, -0.2) is 4.98 Å². The maximum atomic E-state index is 13.8. The van der Waals surface area contributed by atoms with Gasteiger partial charge < -0.3 is 9.73 Å². The molecule has 0 radical (unpaired) electrons. The molecular formula is C20H13F3N6O. The second-order valence-electron chi connectivity index (χ2n) is 6.75. The number of allylic oxidation sites excluding steroid dienone is 3. The normalized spacial score (nSPS) is 17.1. The predicted octanol–water partition coefficient (Wildman–Crippen LogP) is 4.13. The van der Waals surface area contributed by atoms with Crippen LogP contribution in [-0.2, 0) is 0 Å². The second-order valence-corrected chi connectivity index (χ2v) is 6.75. The molecule has 0 amide bonds. The summed E-state index contributed by atoms with van der Waals surface area (Å²) in [6, 6.07) is 8.45. The average molecular weight is 410 g/mol. The number of hydrogen-bond donors (Lipinski definition) is 2. The predicted molar refractivity (Wildman–Crippen MR) is 99.2 cm³/mol. The number of fused-ring (bicyclic) bond motifs is 1. The fourth-order valence-corrected chi connectivity index (χ4v) is 3.55. The minimum atomic E-state index is -4.85. The Kier molecular flexibility index (Phi) is 4.35. The molecule has 150 valence electrons. The second kappa shape index (κ2) is 6.78. The summed E-state index contributed by atoms with van der Waals surface area (Å²) < 4.78 is 46.8. The van der Waals surface area contributed by atoms with E-state index >= 15 is 0 Å². The highest BCUT2D eigenvalue weighted by Crippen LogP contribution is 2.44. The van der Waals surface area contributed by atoms with Crippen LogP contribution in [-0.4, -0.2) is 21.4 Å². The maximum Gasteiger partial charge on any atom is 0.432 e. The quantitative estimate of drug-likeness (QED) is 0.657. The highest BCUT2D eigenvalue weighted by molar-refractivity contribution is 5.83. The van der Waals surface area contributed by atoms with Crippen molar-refractivity contribution >= 4 is 16.6 Å². The van der Waals surface area contributed by atoms with Gasteiger partial charge in [0.05, 0.1) is 46.1 Å². The lowest BCUT2D eigenvalue weighted by Crippen LogP contribution is -2.33. The van der Waals surface area contributed by atoms with Crippen molar-refractivity contribution in [1.29, 1.82) is 10.5 Å². The van der Waals surface area contributed by atoms with E-state index in [4.69, 9.17) is 4.42 Å². The smallest absolute Gasteiger partial charge is 0.432 e. The Morgan fingerprint density at radius 2 is 1.87 bits per heavy atom. The summed E-state index contributed by atoms with van der Waals surface area (Å²) in [5.74, 6) is -1.23. The number of H-pyrrole nitrogens is 1. The Hall–Kier alpha value is -4.05. The number of benzene rings is 1. The van der Waals surface area contributed by atoms with Crippen LogP contribution in [0, 0.1) is 36.5 Å². The Morgan fingerprint density at radius 1 is 1.13 bits per heavy atom. The molecule has 1 aromatic carbocycles. The van der Waals surface area contributed by atoms with Gasteiger partial charge in [0.1, 0.15) is 5.70 Å². The number of aryl methyl sites for hydroxylation is 2. The van der Waals surface area contributed by atoms with Gasteiger partial charge in [-0.2, -0.15) is 28.8 Å². The van der Waals surface area contributed by atoms with Crippen LogP contribution in [0.1, 0.15) is 28.6 Å². The number of hydrogen-bond acceptors (Lipinski definition) is 6. The molecule has 4 rings (SSSR count). The first-order chi connectivity index (χ1) is 14.3. The monoisotopic (exact) mass is 410 g/mol. The Morgan fingerprint density at radius 3 is 2.47 bits per heavy atom. The summed E-state index contributed by atoms with van der Waals surface area (Å²) in [7, 11) is 0. The van der Waals surface area contributed by atoms with E-state index in [2.05, 4.69) is 20.5 Å². The summed E-state index contributed by atoms with van der Waals surface area (Å²) >= 11 is 0. The SMILES string of the molecule is Cc1ncoc1C1=C(C#N)C(c2ccc3n[nH]c(C)c3c2)C(C#N)=C(C(F)(F)F)N1. The molecule has 0 fully saturated rings. The van der Waals surface area contributed by atoms with Crippen molar-refractivity contribution in [1.82, 2.24) is 20.5 Å². The van der Waals surface area contributed by atoms with Gasteiger partial charge in [-0.1, -0.05) is 6.07 Å². The molecule has 3 heterocycles. The Bertz CT molecular complexity index is 1310. The standard InChI is InChI=1S/C20H13F3N6O/c1-9-12-5-11(3-4-15(12)29-28-9)16-13(6-24)17(18-10(2)26-8-30-18)27-19(14(16)7-25)20(21,22)23/h3-5,8,16,27H,1-2H3,(H,28,29). The van der Waals surface area contributed by atoms with Crippen molar-refractivity contribution < 1.29 is 17.6 Å². The number of nitrogens with one attached hydrogen (secondary N) is 2. The molecule has 30 heavy (non-hydrogen) atoms. The number of aromatic nitrogens is 3. The number of rotatable bonds is 2. The highest BCUT2D eigenvalue weighted by Gasteiger charge is 2.45. The first-order valence-electron chi connectivity index (χ1n) is 8.74. The van der Waals surface area contributed by atoms with E-state index in [9.17, 15) is 23.7 Å². The van der Waals surface area contributed by atoms with E-state index < -0.39 is 23.4 Å². The summed E-state index contributed by atoms with van der Waals surface area (Å²) in [5, 5.41) is 29.3. The largest absolute Gasteiger partial charge is 0.442 e. The molecule has 1 unspecified atom stereocenters. The van der Waals surface area contributed by atoms with Crippen molar-refractivity contribution in [2.24, 2.45) is 0 Å². The number of nitriles is 2. The van der Waals surface area contributed by atoms with Gasteiger partial charge in [-0.15, -0.1) is 0 Å². The molecule has 2 N–H and O–H groups in total. The summed E-state index contributed by atoms with van der Waals surface area (Å²) in [6.45, 7) is 3.32. The van der Waals surface area contributed by atoms with E-state index in [1.54, 1.807) is 38.1 Å². The first kappa shape index (κ1) is 19.3. The number of nitrogens with zero attached hydrogens (tertiary/aromatic N) is 4. The lowest BCUT2D eigenvalue weighted by Gasteiger charge is -2.29. The summed E-state index contributed by atoms with van der Waals surface area (Å²) in [5.41, 5.74) is -0.0484. The third-order valence-corrected chi connectivity index (χ3v) is 4.96. The molecule has 7 nitrogen and oxygen atoms in total. The third kappa shape index (κ3) is 2.90. The van der Waals surface area contributed by atoms with Gasteiger partial charge in [0.2, 0.25) is 0 Å². The zero-order valence-corrected chi connectivity index (χ0v) is 15.7. The van der Waals surface area contributed by atoms with Crippen molar-refractivity contribution in [3.63, 3.8) is 0 Å². The minimum absolute atomic E-state index is 0.0101.